The molecule has 4 rings (SSSR count). The second-order valence-corrected chi connectivity index (χ2v) is 6.62. The van der Waals surface area contributed by atoms with E-state index in [1.165, 1.54) is 22.5 Å². The van der Waals surface area contributed by atoms with Gasteiger partial charge in [-0.15, -0.1) is 11.3 Å². The van der Waals surface area contributed by atoms with Gasteiger partial charge in [0.05, 0.1) is 5.39 Å². The summed E-state index contributed by atoms with van der Waals surface area (Å²) in [6.45, 7) is 4.16. The molecule has 0 saturated heterocycles. The molecule has 5 heteroatoms. The van der Waals surface area contributed by atoms with E-state index in [9.17, 15) is 4.79 Å². The van der Waals surface area contributed by atoms with Crippen LogP contribution in [0.15, 0.2) is 52.8 Å². The van der Waals surface area contributed by atoms with Crippen LogP contribution in [0.1, 0.15) is 11.1 Å². The van der Waals surface area contributed by atoms with E-state index >= 15 is 0 Å². The molecule has 0 fully saturated rings. The summed E-state index contributed by atoms with van der Waals surface area (Å²) in [4.78, 5) is 25.1. The van der Waals surface area contributed by atoms with E-state index in [1.807, 2.05) is 23.6 Å². The zero-order valence-electron chi connectivity index (χ0n) is 13.3. The highest BCUT2D eigenvalue weighted by atomic mass is 32.1. The fourth-order valence-corrected chi connectivity index (χ4v) is 3.64. The lowest BCUT2D eigenvalue weighted by atomic mass is 10.0. The molecule has 0 saturated carbocycles. The van der Waals surface area contributed by atoms with E-state index < -0.39 is 0 Å². The number of thiophene rings is 1. The molecule has 118 valence electrons. The normalized spacial score (nSPS) is 11.1. The molecule has 0 unspecified atom stereocenters. The van der Waals surface area contributed by atoms with Crippen molar-refractivity contribution in [2.45, 2.75) is 13.8 Å². The molecular weight excluding hydrogens is 318 g/mol. The van der Waals surface area contributed by atoms with E-state index in [2.05, 4.69) is 47.0 Å². The Hall–Kier alpha value is -2.79. The van der Waals surface area contributed by atoms with Gasteiger partial charge in [0, 0.05) is 17.1 Å². The summed E-state index contributed by atoms with van der Waals surface area (Å²) in [5.74, 6) is 0.501. The number of fused-ring (bicyclic) bond motifs is 1. The maximum atomic E-state index is 12.7. The van der Waals surface area contributed by atoms with Gasteiger partial charge in [-0.3, -0.25) is 9.78 Å². The smallest absolute Gasteiger partial charge is 0.260 e. The van der Waals surface area contributed by atoms with E-state index in [1.54, 1.807) is 6.20 Å². The molecule has 1 N–H and O–H groups in total. The lowest BCUT2D eigenvalue weighted by Gasteiger charge is -2.05. The fraction of sp³-hybridized carbons (Fsp3) is 0.105. The van der Waals surface area contributed by atoms with Crippen molar-refractivity contribution >= 4 is 21.6 Å². The zero-order chi connectivity index (χ0) is 16.7. The summed E-state index contributed by atoms with van der Waals surface area (Å²) < 4.78 is 0. The van der Waals surface area contributed by atoms with Gasteiger partial charge >= 0.3 is 0 Å². The molecule has 0 aliphatic heterocycles. The van der Waals surface area contributed by atoms with Crippen LogP contribution in [0.2, 0.25) is 0 Å². The minimum absolute atomic E-state index is 0.130. The van der Waals surface area contributed by atoms with Crippen LogP contribution in [-0.4, -0.2) is 15.0 Å². The highest BCUT2D eigenvalue weighted by molar-refractivity contribution is 7.17. The van der Waals surface area contributed by atoms with Crippen molar-refractivity contribution in [3.05, 3.63) is 69.5 Å². The quantitative estimate of drug-likeness (QED) is 0.594. The molecule has 0 spiro atoms. The Morgan fingerprint density at radius 2 is 1.96 bits per heavy atom. The van der Waals surface area contributed by atoms with Crippen molar-refractivity contribution in [2.75, 3.05) is 0 Å². The molecule has 4 aromatic rings. The molecule has 0 aliphatic rings. The Kier molecular flexibility index (Phi) is 3.50. The molecule has 0 aliphatic carbocycles. The van der Waals surface area contributed by atoms with E-state index in [-0.39, 0.29) is 5.56 Å². The third-order valence-corrected chi connectivity index (χ3v) is 5.04. The van der Waals surface area contributed by atoms with Gasteiger partial charge in [0.15, 0.2) is 5.82 Å². The highest BCUT2D eigenvalue weighted by Crippen LogP contribution is 2.32. The SMILES string of the molecule is Cc1ccc(-c2csc3nc(-c4ccccn4)[nH]c(=O)c23)cc1C. The molecule has 0 amide bonds. The molecule has 1 aromatic carbocycles. The number of hydrogen-bond donors (Lipinski definition) is 1. The first-order chi connectivity index (χ1) is 11.6. The standard InChI is InChI=1S/C19H15N3OS/c1-11-6-7-13(9-12(11)2)14-10-24-19-16(14)18(23)21-17(22-19)15-5-3-4-8-20-15/h3-10H,1-2H3,(H,21,22,23). The van der Waals surface area contributed by atoms with Crippen LogP contribution in [0.3, 0.4) is 0 Å². The number of nitrogens with one attached hydrogen (secondary N) is 1. The van der Waals surface area contributed by atoms with Gasteiger partial charge in [0.2, 0.25) is 0 Å². The van der Waals surface area contributed by atoms with Crippen molar-refractivity contribution in [2.24, 2.45) is 0 Å². The first kappa shape index (κ1) is 14.8. The summed E-state index contributed by atoms with van der Waals surface area (Å²) in [7, 11) is 0. The summed E-state index contributed by atoms with van der Waals surface area (Å²) >= 11 is 1.48. The monoisotopic (exact) mass is 333 g/mol. The van der Waals surface area contributed by atoms with E-state index in [0.29, 0.717) is 16.9 Å². The number of aromatic amines is 1. The van der Waals surface area contributed by atoms with Crippen LogP contribution in [0.25, 0.3) is 32.9 Å². The summed E-state index contributed by atoms with van der Waals surface area (Å²) in [6, 6.07) is 11.8. The number of H-pyrrole nitrogens is 1. The topological polar surface area (TPSA) is 58.6 Å². The van der Waals surface area contributed by atoms with Crippen LogP contribution in [0.4, 0.5) is 0 Å². The fourth-order valence-electron chi connectivity index (χ4n) is 2.69. The Morgan fingerprint density at radius 3 is 2.71 bits per heavy atom. The second kappa shape index (κ2) is 5.69. The van der Waals surface area contributed by atoms with Crippen molar-refractivity contribution in [3.8, 4) is 22.6 Å². The number of aryl methyl sites for hydroxylation is 2. The minimum atomic E-state index is -0.130. The van der Waals surface area contributed by atoms with Crippen LogP contribution in [-0.2, 0) is 0 Å². The van der Waals surface area contributed by atoms with Gasteiger partial charge in [0.1, 0.15) is 10.5 Å². The molecule has 0 radical (unpaired) electrons. The Bertz CT molecular complexity index is 1100. The first-order valence-corrected chi connectivity index (χ1v) is 8.52. The third kappa shape index (κ3) is 2.43. The number of hydrogen-bond acceptors (Lipinski definition) is 4. The molecule has 3 aromatic heterocycles. The van der Waals surface area contributed by atoms with Crippen LogP contribution >= 0.6 is 11.3 Å². The predicted molar refractivity (Wildman–Crippen MR) is 98.4 cm³/mol. The lowest BCUT2D eigenvalue weighted by Crippen LogP contribution is -2.09. The van der Waals surface area contributed by atoms with Crippen molar-refractivity contribution < 1.29 is 0 Å². The number of benzene rings is 1. The van der Waals surface area contributed by atoms with Crippen molar-refractivity contribution in [1.82, 2.24) is 15.0 Å². The molecule has 24 heavy (non-hydrogen) atoms. The maximum Gasteiger partial charge on any atom is 0.260 e. The number of rotatable bonds is 2. The van der Waals surface area contributed by atoms with Gasteiger partial charge in [-0.2, -0.15) is 0 Å². The predicted octanol–water partition coefficient (Wildman–Crippen LogP) is 4.33. The highest BCUT2D eigenvalue weighted by Gasteiger charge is 2.14. The van der Waals surface area contributed by atoms with E-state index in [4.69, 9.17) is 0 Å². The van der Waals surface area contributed by atoms with Gasteiger partial charge in [0.25, 0.3) is 5.56 Å². The summed E-state index contributed by atoms with van der Waals surface area (Å²) in [5.41, 5.74) is 4.96. The zero-order valence-corrected chi connectivity index (χ0v) is 14.1. The average Bonchev–Trinajstić information content (AvgIpc) is 3.03. The molecule has 4 nitrogen and oxygen atoms in total. The average molecular weight is 333 g/mol. The van der Waals surface area contributed by atoms with Crippen molar-refractivity contribution in [1.29, 1.82) is 0 Å². The van der Waals surface area contributed by atoms with E-state index in [0.717, 1.165) is 16.0 Å². The van der Waals surface area contributed by atoms with Gasteiger partial charge < -0.3 is 4.98 Å². The maximum absolute atomic E-state index is 12.7. The number of pyridine rings is 1. The molecule has 0 bridgehead atoms. The molecule has 0 atom stereocenters. The number of nitrogens with zero attached hydrogens (tertiary/aromatic N) is 2. The Labute approximate surface area is 142 Å². The van der Waals surface area contributed by atoms with Gasteiger partial charge in [-0.25, -0.2) is 4.98 Å². The third-order valence-electron chi connectivity index (χ3n) is 4.17. The molecule has 3 heterocycles. The largest absolute Gasteiger partial charge is 0.305 e. The summed E-state index contributed by atoms with van der Waals surface area (Å²) in [6.07, 6.45) is 1.69. The van der Waals surface area contributed by atoms with Crippen LogP contribution in [0, 0.1) is 13.8 Å². The van der Waals surface area contributed by atoms with Gasteiger partial charge in [-0.1, -0.05) is 24.3 Å². The summed E-state index contributed by atoms with van der Waals surface area (Å²) in [5, 5.41) is 2.64. The van der Waals surface area contributed by atoms with Crippen molar-refractivity contribution in [3.63, 3.8) is 0 Å². The Morgan fingerprint density at radius 1 is 1.08 bits per heavy atom. The van der Waals surface area contributed by atoms with Crippen LogP contribution < -0.4 is 5.56 Å². The molecular formula is C19H15N3OS. The second-order valence-electron chi connectivity index (χ2n) is 5.76. The van der Waals surface area contributed by atoms with Crippen LogP contribution in [0.5, 0.6) is 0 Å². The first-order valence-electron chi connectivity index (χ1n) is 7.64. The number of aromatic nitrogens is 3. The van der Waals surface area contributed by atoms with Gasteiger partial charge in [-0.05, 0) is 42.7 Å². The Balaban J connectivity index is 1.91. The minimum Gasteiger partial charge on any atom is -0.305 e. The lowest BCUT2D eigenvalue weighted by molar-refractivity contribution is 1.15.